The molecule has 3 aromatic carbocycles. The van der Waals surface area contributed by atoms with Crippen molar-refractivity contribution in [3.05, 3.63) is 84.7 Å². The van der Waals surface area contributed by atoms with Crippen molar-refractivity contribution in [1.29, 1.82) is 0 Å². The summed E-state index contributed by atoms with van der Waals surface area (Å²) in [6, 6.07) is 22.6. The molecule has 0 saturated heterocycles. The molecule has 0 aliphatic heterocycles. The first-order valence-electron chi connectivity index (χ1n) is 12.2. The highest BCUT2D eigenvalue weighted by Gasteiger charge is 2.18. The van der Waals surface area contributed by atoms with Crippen molar-refractivity contribution in [2.24, 2.45) is 5.73 Å². The maximum Gasteiger partial charge on any atom is 0.250 e. The highest BCUT2D eigenvalue weighted by atomic mass is 16.1. The molecular weight excluding hydrogens is 434 g/mol. The van der Waals surface area contributed by atoms with Crippen molar-refractivity contribution in [3.8, 4) is 16.8 Å². The van der Waals surface area contributed by atoms with Crippen LogP contribution in [-0.4, -0.2) is 26.7 Å². The summed E-state index contributed by atoms with van der Waals surface area (Å²) in [6.07, 6.45) is 9.72. The second-order valence-corrected chi connectivity index (χ2v) is 9.28. The predicted octanol–water partition coefficient (Wildman–Crippen LogP) is 6.08. The van der Waals surface area contributed by atoms with Crippen LogP contribution in [0.3, 0.4) is 0 Å². The van der Waals surface area contributed by atoms with Crippen LogP contribution in [0.25, 0.3) is 38.6 Å². The fraction of sp³-hybridized carbons (Fsp3) is 0.207. The van der Waals surface area contributed by atoms with E-state index in [1.165, 1.54) is 19.3 Å². The molecule has 2 aromatic heterocycles. The Labute approximate surface area is 203 Å². The number of aromatic nitrogens is 3. The standard InChI is InChI=1S/C29H27N5O/c30-29(35)24-14-13-22(16-27(24)33-21-8-2-1-3-9-21)34-28-12-6-10-23(25(28)18-32-34)20-15-19-7-4-5-11-26(19)31-17-20/h4-7,10-18,21,33H,1-3,8-9H2,(H2,30,35). The van der Waals surface area contributed by atoms with Gasteiger partial charge in [-0.3, -0.25) is 9.78 Å². The Hall–Kier alpha value is -4.19. The first kappa shape index (κ1) is 21.4. The number of rotatable bonds is 5. The van der Waals surface area contributed by atoms with Gasteiger partial charge in [0.1, 0.15) is 0 Å². The van der Waals surface area contributed by atoms with Gasteiger partial charge in [-0.2, -0.15) is 5.10 Å². The predicted molar refractivity (Wildman–Crippen MR) is 141 cm³/mol. The van der Waals surface area contributed by atoms with Crippen LogP contribution in [0.2, 0.25) is 0 Å². The Morgan fingerprint density at radius 2 is 1.80 bits per heavy atom. The monoisotopic (exact) mass is 461 g/mol. The summed E-state index contributed by atoms with van der Waals surface area (Å²) in [4.78, 5) is 16.8. The summed E-state index contributed by atoms with van der Waals surface area (Å²) in [5, 5.41) is 10.5. The third-order valence-corrected chi connectivity index (χ3v) is 6.99. The Kier molecular flexibility index (Phi) is 5.41. The minimum Gasteiger partial charge on any atom is -0.382 e. The van der Waals surface area contributed by atoms with Crippen LogP contribution in [-0.2, 0) is 0 Å². The molecule has 6 heteroatoms. The van der Waals surface area contributed by atoms with Crippen LogP contribution < -0.4 is 11.1 Å². The smallest absolute Gasteiger partial charge is 0.250 e. The van der Waals surface area contributed by atoms with Crippen LogP contribution in [0.5, 0.6) is 0 Å². The third kappa shape index (κ3) is 4.01. The van der Waals surface area contributed by atoms with Crippen LogP contribution in [0, 0.1) is 0 Å². The minimum absolute atomic E-state index is 0.360. The summed E-state index contributed by atoms with van der Waals surface area (Å²) in [5.41, 5.74) is 12.0. The van der Waals surface area contributed by atoms with E-state index in [1.54, 1.807) is 6.07 Å². The van der Waals surface area contributed by atoms with Gasteiger partial charge in [0, 0.05) is 34.3 Å². The molecule has 0 bridgehead atoms. The van der Waals surface area contributed by atoms with Crippen molar-refractivity contribution < 1.29 is 4.79 Å². The van der Waals surface area contributed by atoms with Gasteiger partial charge in [-0.1, -0.05) is 49.6 Å². The van der Waals surface area contributed by atoms with E-state index in [1.807, 2.05) is 53.5 Å². The molecule has 0 radical (unpaired) electrons. The number of fused-ring (bicyclic) bond motifs is 2. The van der Waals surface area contributed by atoms with Gasteiger partial charge in [0.05, 0.1) is 28.5 Å². The molecular formula is C29H27N5O. The maximum absolute atomic E-state index is 12.1. The summed E-state index contributed by atoms with van der Waals surface area (Å²) >= 11 is 0. The number of hydrogen-bond donors (Lipinski definition) is 2. The Morgan fingerprint density at radius 1 is 0.943 bits per heavy atom. The van der Waals surface area contributed by atoms with Gasteiger partial charge in [0.2, 0.25) is 0 Å². The summed E-state index contributed by atoms with van der Waals surface area (Å²) in [5.74, 6) is -0.425. The van der Waals surface area contributed by atoms with E-state index in [0.29, 0.717) is 11.6 Å². The van der Waals surface area contributed by atoms with Crippen LogP contribution >= 0.6 is 0 Å². The van der Waals surface area contributed by atoms with E-state index >= 15 is 0 Å². The fourth-order valence-corrected chi connectivity index (χ4v) is 5.19. The highest BCUT2D eigenvalue weighted by molar-refractivity contribution is 6.00. The van der Waals surface area contributed by atoms with Crippen molar-refractivity contribution in [3.63, 3.8) is 0 Å². The van der Waals surface area contributed by atoms with Crippen molar-refractivity contribution >= 4 is 33.4 Å². The van der Waals surface area contributed by atoms with Gasteiger partial charge >= 0.3 is 0 Å². The second-order valence-electron chi connectivity index (χ2n) is 9.28. The molecule has 1 aliphatic carbocycles. The Balaban J connectivity index is 1.42. The number of pyridine rings is 1. The number of para-hydroxylation sites is 1. The normalized spacial score (nSPS) is 14.4. The van der Waals surface area contributed by atoms with Crippen LogP contribution in [0.15, 0.2) is 79.1 Å². The lowest BCUT2D eigenvalue weighted by molar-refractivity contribution is 0.100. The average molecular weight is 462 g/mol. The van der Waals surface area contributed by atoms with Gasteiger partial charge in [-0.25, -0.2) is 4.68 Å². The zero-order chi connectivity index (χ0) is 23.8. The quantitative estimate of drug-likeness (QED) is 0.332. The van der Waals surface area contributed by atoms with Crippen LogP contribution in [0.4, 0.5) is 5.69 Å². The number of nitrogens with one attached hydrogen (secondary N) is 1. The van der Waals surface area contributed by atoms with E-state index in [-0.39, 0.29) is 0 Å². The van der Waals surface area contributed by atoms with Gasteiger partial charge in [-0.05, 0) is 54.8 Å². The molecule has 1 fully saturated rings. The zero-order valence-electron chi connectivity index (χ0n) is 19.4. The number of carbonyl (C=O) groups excluding carboxylic acids is 1. The van der Waals surface area contributed by atoms with Crippen molar-refractivity contribution in [2.75, 3.05) is 5.32 Å². The lowest BCUT2D eigenvalue weighted by atomic mass is 9.95. The lowest BCUT2D eigenvalue weighted by Gasteiger charge is -2.25. The zero-order valence-corrected chi connectivity index (χ0v) is 19.4. The maximum atomic E-state index is 12.1. The van der Waals surface area contributed by atoms with Gasteiger partial charge < -0.3 is 11.1 Å². The van der Waals surface area contributed by atoms with E-state index in [0.717, 1.165) is 57.1 Å². The molecule has 1 amide bonds. The topological polar surface area (TPSA) is 85.8 Å². The summed E-state index contributed by atoms with van der Waals surface area (Å²) < 4.78 is 1.92. The molecule has 6 rings (SSSR count). The highest BCUT2D eigenvalue weighted by Crippen LogP contribution is 2.32. The molecule has 0 spiro atoms. The average Bonchev–Trinajstić information content (AvgIpc) is 3.33. The third-order valence-electron chi connectivity index (χ3n) is 6.99. The molecule has 0 unspecified atom stereocenters. The van der Waals surface area contributed by atoms with Gasteiger partial charge in [0.15, 0.2) is 0 Å². The number of benzene rings is 3. The Morgan fingerprint density at radius 3 is 2.66 bits per heavy atom. The number of amides is 1. The molecule has 6 nitrogen and oxygen atoms in total. The molecule has 1 saturated carbocycles. The lowest BCUT2D eigenvalue weighted by Crippen LogP contribution is -2.24. The van der Waals surface area contributed by atoms with Crippen LogP contribution in [0.1, 0.15) is 42.5 Å². The first-order valence-corrected chi connectivity index (χ1v) is 12.2. The number of carbonyl (C=O) groups is 1. The summed E-state index contributed by atoms with van der Waals surface area (Å²) in [6.45, 7) is 0. The molecule has 35 heavy (non-hydrogen) atoms. The number of nitrogens with zero attached hydrogens (tertiary/aromatic N) is 3. The molecule has 5 aromatic rings. The molecule has 1 aliphatic rings. The number of primary amides is 1. The van der Waals surface area contributed by atoms with E-state index in [2.05, 4.69) is 34.6 Å². The Bertz CT molecular complexity index is 1550. The van der Waals surface area contributed by atoms with E-state index < -0.39 is 5.91 Å². The minimum atomic E-state index is -0.425. The number of hydrogen-bond acceptors (Lipinski definition) is 4. The molecule has 3 N–H and O–H groups in total. The molecule has 174 valence electrons. The van der Waals surface area contributed by atoms with Gasteiger partial charge in [-0.15, -0.1) is 0 Å². The van der Waals surface area contributed by atoms with Crippen molar-refractivity contribution in [1.82, 2.24) is 14.8 Å². The second kappa shape index (κ2) is 8.87. The number of anilines is 1. The largest absolute Gasteiger partial charge is 0.382 e. The SMILES string of the molecule is NC(=O)c1ccc(-n2ncc3c(-c4cnc5ccccc5c4)cccc32)cc1NC1CCCCC1. The van der Waals surface area contributed by atoms with Gasteiger partial charge in [0.25, 0.3) is 5.91 Å². The summed E-state index contributed by atoms with van der Waals surface area (Å²) in [7, 11) is 0. The van der Waals surface area contributed by atoms with E-state index in [9.17, 15) is 4.79 Å². The van der Waals surface area contributed by atoms with E-state index in [4.69, 9.17) is 10.8 Å². The van der Waals surface area contributed by atoms with Crippen molar-refractivity contribution in [2.45, 2.75) is 38.1 Å². The molecule has 0 atom stereocenters. The molecule has 2 heterocycles. The first-order chi connectivity index (χ1) is 17.2. The fourth-order valence-electron chi connectivity index (χ4n) is 5.19. The number of nitrogens with two attached hydrogens (primary N) is 1.